The molecule has 0 aliphatic heterocycles. The molecule has 24 heavy (non-hydrogen) atoms. The van der Waals surface area contributed by atoms with Crippen molar-refractivity contribution in [2.24, 2.45) is 0 Å². The van der Waals surface area contributed by atoms with Crippen molar-refractivity contribution in [3.8, 4) is 5.75 Å². The Bertz CT molecular complexity index is 811. The van der Waals surface area contributed by atoms with E-state index in [2.05, 4.69) is 24.3 Å². The Morgan fingerprint density at radius 3 is 2.33 bits per heavy atom. The van der Waals surface area contributed by atoms with E-state index in [-0.39, 0.29) is 5.78 Å². The van der Waals surface area contributed by atoms with Gasteiger partial charge in [0.15, 0.2) is 12.4 Å². The van der Waals surface area contributed by atoms with Crippen molar-refractivity contribution in [1.29, 1.82) is 0 Å². The minimum Gasteiger partial charge on any atom is -0.497 e. The molecular weight excluding hydrogens is 298 g/mol. The van der Waals surface area contributed by atoms with Crippen LogP contribution in [0, 0.1) is 0 Å². The van der Waals surface area contributed by atoms with Gasteiger partial charge in [-0.1, -0.05) is 42.5 Å². The van der Waals surface area contributed by atoms with Gasteiger partial charge in [-0.05, 0) is 29.7 Å². The molecule has 0 atom stereocenters. The predicted octanol–water partition coefficient (Wildman–Crippen LogP) is 3.46. The van der Waals surface area contributed by atoms with Crippen molar-refractivity contribution >= 4 is 5.78 Å². The van der Waals surface area contributed by atoms with Crippen LogP contribution >= 0.6 is 0 Å². The van der Waals surface area contributed by atoms with Gasteiger partial charge in [0.1, 0.15) is 5.75 Å². The monoisotopic (exact) mass is 318 g/mol. The molecular formula is C21H20NO2+. The summed E-state index contributed by atoms with van der Waals surface area (Å²) >= 11 is 0. The maximum absolute atomic E-state index is 12.4. The molecule has 3 rings (SSSR count). The van der Waals surface area contributed by atoms with Crippen molar-refractivity contribution in [2.45, 2.75) is 13.0 Å². The predicted molar refractivity (Wildman–Crippen MR) is 93.2 cm³/mol. The number of ether oxygens (including phenoxy) is 1. The van der Waals surface area contributed by atoms with Gasteiger partial charge in [0.05, 0.1) is 7.11 Å². The van der Waals surface area contributed by atoms with Crippen molar-refractivity contribution in [1.82, 2.24) is 0 Å². The minimum atomic E-state index is 0.0645. The van der Waals surface area contributed by atoms with Crippen LogP contribution in [0.5, 0.6) is 5.75 Å². The van der Waals surface area contributed by atoms with Crippen LogP contribution in [0.4, 0.5) is 0 Å². The maximum Gasteiger partial charge on any atom is 0.227 e. The van der Waals surface area contributed by atoms with E-state index in [0.29, 0.717) is 17.9 Å². The third-order valence-electron chi connectivity index (χ3n) is 3.93. The van der Waals surface area contributed by atoms with Crippen LogP contribution in [0.25, 0.3) is 0 Å². The number of carbonyl (C=O) groups excluding carboxylic acids is 1. The summed E-state index contributed by atoms with van der Waals surface area (Å²) in [7, 11) is 1.60. The summed E-state index contributed by atoms with van der Waals surface area (Å²) in [5.41, 5.74) is 3.17. The second-order valence-corrected chi connectivity index (χ2v) is 5.70. The van der Waals surface area contributed by atoms with E-state index >= 15 is 0 Å². The number of hydrogen-bond donors (Lipinski definition) is 0. The van der Waals surface area contributed by atoms with Gasteiger partial charge in [-0.2, -0.15) is 4.57 Å². The van der Waals surface area contributed by atoms with Gasteiger partial charge < -0.3 is 4.74 Å². The van der Waals surface area contributed by atoms with E-state index < -0.39 is 0 Å². The first-order valence-electron chi connectivity index (χ1n) is 7.94. The van der Waals surface area contributed by atoms with Gasteiger partial charge in [0.25, 0.3) is 0 Å². The fourth-order valence-electron chi connectivity index (χ4n) is 2.60. The number of carbonyl (C=O) groups is 1. The van der Waals surface area contributed by atoms with Gasteiger partial charge in [-0.3, -0.25) is 4.79 Å². The molecule has 0 radical (unpaired) electrons. The minimum absolute atomic E-state index is 0.0645. The summed E-state index contributed by atoms with van der Waals surface area (Å²) in [5, 5.41) is 0. The number of aromatic nitrogens is 1. The highest BCUT2D eigenvalue weighted by molar-refractivity contribution is 5.95. The lowest BCUT2D eigenvalue weighted by Gasteiger charge is -2.03. The quantitative estimate of drug-likeness (QED) is 0.515. The van der Waals surface area contributed by atoms with Crippen molar-refractivity contribution < 1.29 is 14.1 Å². The first-order chi connectivity index (χ1) is 11.7. The molecule has 0 aliphatic carbocycles. The number of rotatable bonds is 6. The third kappa shape index (κ3) is 4.07. The van der Waals surface area contributed by atoms with Crippen molar-refractivity contribution in [2.75, 3.05) is 7.11 Å². The number of hydrogen-bond acceptors (Lipinski definition) is 2. The average Bonchev–Trinajstić information content (AvgIpc) is 2.64. The molecule has 3 nitrogen and oxygen atoms in total. The van der Waals surface area contributed by atoms with E-state index in [0.717, 1.165) is 6.42 Å². The molecule has 0 saturated heterocycles. The highest BCUT2D eigenvalue weighted by Gasteiger charge is 2.12. The lowest BCUT2D eigenvalue weighted by molar-refractivity contribution is -0.683. The van der Waals surface area contributed by atoms with Crippen LogP contribution in [0.2, 0.25) is 0 Å². The van der Waals surface area contributed by atoms with Crippen molar-refractivity contribution in [3.63, 3.8) is 0 Å². The normalized spacial score (nSPS) is 10.4. The molecule has 120 valence electrons. The fraction of sp³-hybridized carbons (Fsp3) is 0.143. The third-order valence-corrected chi connectivity index (χ3v) is 3.93. The highest BCUT2D eigenvalue weighted by Crippen LogP contribution is 2.13. The van der Waals surface area contributed by atoms with E-state index in [9.17, 15) is 4.79 Å². The standard InChI is InChI=1S/C21H20NO2/c1-24-20-9-5-8-19(15-20)21(23)16-22-12-10-18(11-13-22)14-17-6-3-2-4-7-17/h2-13,15H,14,16H2,1H3/q+1. The van der Waals surface area contributed by atoms with Gasteiger partial charge in [0, 0.05) is 17.7 Å². The maximum atomic E-state index is 12.4. The summed E-state index contributed by atoms with van der Waals surface area (Å²) in [4.78, 5) is 12.4. The number of benzene rings is 2. The largest absolute Gasteiger partial charge is 0.497 e. The van der Waals surface area contributed by atoms with Crippen LogP contribution < -0.4 is 9.30 Å². The average molecular weight is 318 g/mol. The van der Waals surface area contributed by atoms with Gasteiger partial charge in [0.2, 0.25) is 12.3 Å². The van der Waals surface area contributed by atoms with E-state index in [1.807, 2.05) is 53.4 Å². The topological polar surface area (TPSA) is 30.2 Å². The van der Waals surface area contributed by atoms with E-state index in [1.54, 1.807) is 13.2 Å². The summed E-state index contributed by atoms with van der Waals surface area (Å²) in [6.07, 6.45) is 4.80. The van der Waals surface area contributed by atoms with E-state index in [4.69, 9.17) is 4.74 Å². The van der Waals surface area contributed by atoms with Crippen LogP contribution in [0.15, 0.2) is 79.1 Å². The molecule has 0 spiro atoms. The zero-order valence-electron chi connectivity index (χ0n) is 13.7. The molecule has 3 heteroatoms. The lowest BCUT2D eigenvalue weighted by Crippen LogP contribution is -2.37. The van der Waals surface area contributed by atoms with Crippen LogP contribution in [-0.2, 0) is 13.0 Å². The molecule has 0 N–H and O–H groups in total. The van der Waals surface area contributed by atoms with E-state index in [1.165, 1.54) is 11.1 Å². The molecule has 0 unspecified atom stereocenters. The Kier molecular flexibility index (Phi) is 5.02. The van der Waals surface area contributed by atoms with Crippen LogP contribution in [0.1, 0.15) is 21.5 Å². The Morgan fingerprint density at radius 1 is 0.917 bits per heavy atom. The molecule has 3 aromatic rings. The summed E-state index contributed by atoms with van der Waals surface area (Å²) in [5.74, 6) is 0.763. The highest BCUT2D eigenvalue weighted by atomic mass is 16.5. The molecule has 2 aromatic carbocycles. The van der Waals surface area contributed by atoms with Gasteiger partial charge >= 0.3 is 0 Å². The van der Waals surface area contributed by atoms with Crippen molar-refractivity contribution in [3.05, 3.63) is 95.8 Å². The zero-order valence-corrected chi connectivity index (χ0v) is 13.7. The number of methoxy groups -OCH3 is 1. The number of pyridine rings is 1. The molecule has 0 saturated carbocycles. The lowest BCUT2D eigenvalue weighted by atomic mass is 10.1. The molecule has 1 heterocycles. The molecule has 0 fully saturated rings. The summed E-state index contributed by atoms with van der Waals surface area (Å²) < 4.78 is 7.07. The summed E-state index contributed by atoms with van der Waals surface area (Å²) in [6.45, 7) is 0.318. The van der Waals surface area contributed by atoms with Crippen LogP contribution in [0.3, 0.4) is 0 Å². The number of nitrogens with zero attached hydrogens (tertiary/aromatic N) is 1. The first-order valence-corrected chi connectivity index (χ1v) is 7.94. The Hall–Kier alpha value is -2.94. The molecule has 1 aromatic heterocycles. The fourth-order valence-corrected chi connectivity index (χ4v) is 2.60. The number of Topliss-reactive ketones (excluding diaryl/α,β-unsaturated/α-hetero) is 1. The SMILES string of the molecule is COc1cccc(C(=O)C[n+]2ccc(Cc3ccccc3)cc2)c1. The zero-order chi connectivity index (χ0) is 16.8. The molecule has 0 amide bonds. The Balaban J connectivity index is 1.66. The second-order valence-electron chi connectivity index (χ2n) is 5.70. The first kappa shape index (κ1) is 15.9. The summed E-state index contributed by atoms with van der Waals surface area (Å²) in [6, 6.07) is 21.7. The molecule has 0 bridgehead atoms. The smallest absolute Gasteiger partial charge is 0.227 e. The Labute approximate surface area is 142 Å². The Morgan fingerprint density at radius 2 is 1.62 bits per heavy atom. The van der Waals surface area contributed by atoms with Gasteiger partial charge in [-0.25, -0.2) is 0 Å². The molecule has 0 aliphatic rings. The second kappa shape index (κ2) is 7.55. The number of ketones is 1. The van der Waals surface area contributed by atoms with Gasteiger partial charge in [-0.15, -0.1) is 0 Å². The van der Waals surface area contributed by atoms with Crippen LogP contribution in [-0.4, -0.2) is 12.9 Å².